The average molecular weight is 251 g/mol. The number of nitrogens with one attached hydrogen (secondary N) is 1. The molecule has 0 amide bonds. The van der Waals surface area contributed by atoms with Crippen molar-refractivity contribution < 1.29 is 0 Å². The van der Waals surface area contributed by atoms with Gasteiger partial charge in [-0.05, 0) is 41.2 Å². The Morgan fingerprint density at radius 1 is 1.29 bits per heavy atom. The molecule has 1 unspecified atom stereocenters. The molecule has 0 radical (unpaired) electrons. The topological polar surface area (TPSA) is 12.0 Å². The van der Waals surface area contributed by atoms with E-state index in [1.165, 1.54) is 11.3 Å². The van der Waals surface area contributed by atoms with Crippen molar-refractivity contribution in [2.75, 3.05) is 6.54 Å². The molecule has 1 atom stereocenters. The summed E-state index contributed by atoms with van der Waals surface area (Å²) in [6.45, 7) is 13.0. The largest absolute Gasteiger partial charge is 0.309 e. The van der Waals surface area contributed by atoms with Gasteiger partial charge in [0.25, 0.3) is 0 Å². The molecule has 96 valence electrons. The lowest BCUT2D eigenvalue weighted by atomic mass is 10.0. The van der Waals surface area contributed by atoms with Gasteiger partial charge in [-0.2, -0.15) is 0 Å². The van der Waals surface area contributed by atoms with Gasteiger partial charge in [-0.25, -0.2) is 0 Å². The molecule has 1 heterocycles. The third-order valence-corrected chi connectivity index (χ3v) is 5.89. The molecule has 0 aromatic carbocycles. The molecule has 1 aromatic rings. The second-order valence-electron chi connectivity index (χ2n) is 6.37. The minimum Gasteiger partial charge on any atom is -0.309 e. The third-order valence-electron chi connectivity index (χ3n) is 4.93. The van der Waals surface area contributed by atoms with Crippen molar-refractivity contribution in [3.05, 3.63) is 22.4 Å². The van der Waals surface area contributed by atoms with Crippen molar-refractivity contribution in [3.63, 3.8) is 0 Å². The normalized spacial score (nSPS) is 23.6. The highest BCUT2D eigenvalue weighted by Crippen LogP contribution is 2.72. The van der Waals surface area contributed by atoms with Gasteiger partial charge >= 0.3 is 0 Å². The Labute approximate surface area is 110 Å². The molecule has 2 heteroatoms. The molecule has 1 saturated carbocycles. The molecule has 1 aliphatic rings. The van der Waals surface area contributed by atoms with Gasteiger partial charge in [0, 0.05) is 10.9 Å². The van der Waals surface area contributed by atoms with Crippen LogP contribution in [0.15, 0.2) is 17.5 Å². The van der Waals surface area contributed by atoms with Crippen LogP contribution in [0.1, 0.15) is 52.0 Å². The average Bonchev–Trinajstić information content (AvgIpc) is 2.66. The van der Waals surface area contributed by atoms with Crippen molar-refractivity contribution in [2.45, 2.75) is 47.1 Å². The first-order valence-corrected chi connectivity index (χ1v) is 7.57. The molecule has 17 heavy (non-hydrogen) atoms. The van der Waals surface area contributed by atoms with Crippen molar-refractivity contribution in [1.82, 2.24) is 5.32 Å². The van der Waals surface area contributed by atoms with Gasteiger partial charge in [0.05, 0.1) is 0 Å². The van der Waals surface area contributed by atoms with Gasteiger partial charge in [-0.1, -0.05) is 40.7 Å². The quantitative estimate of drug-likeness (QED) is 0.814. The van der Waals surface area contributed by atoms with Gasteiger partial charge in [-0.15, -0.1) is 11.3 Å². The molecule has 1 aromatic heterocycles. The van der Waals surface area contributed by atoms with Gasteiger partial charge in [0.15, 0.2) is 0 Å². The van der Waals surface area contributed by atoms with E-state index in [0.29, 0.717) is 16.9 Å². The first-order chi connectivity index (χ1) is 7.93. The van der Waals surface area contributed by atoms with Crippen LogP contribution < -0.4 is 5.32 Å². The molecule has 0 saturated heterocycles. The summed E-state index contributed by atoms with van der Waals surface area (Å²) < 4.78 is 0. The van der Waals surface area contributed by atoms with Gasteiger partial charge in [0.2, 0.25) is 0 Å². The molecule has 1 N–H and O–H groups in total. The van der Waals surface area contributed by atoms with E-state index in [4.69, 9.17) is 0 Å². The van der Waals surface area contributed by atoms with Gasteiger partial charge in [-0.3, -0.25) is 0 Å². The van der Waals surface area contributed by atoms with Crippen LogP contribution >= 0.6 is 11.3 Å². The first-order valence-electron chi connectivity index (χ1n) is 6.69. The fourth-order valence-electron chi connectivity index (χ4n) is 3.23. The number of rotatable bonds is 5. The highest BCUT2D eigenvalue weighted by Gasteiger charge is 2.67. The van der Waals surface area contributed by atoms with E-state index in [2.05, 4.69) is 57.4 Å². The molecule has 2 rings (SSSR count). The predicted octanol–water partition coefficient (Wildman–Crippen LogP) is 4.47. The van der Waals surface area contributed by atoms with Crippen LogP contribution in [0, 0.1) is 16.7 Å². The summed E-state index contributed by atoms with van der Waals surface area (Å²) in [5.74, 6) is 0.750. The summed E-state index contributed by atoms with van der Waals surface area (Å²) in [6, 6.07) is 4.99. The van der Waals surface area contributed by atoms with Gasteiger partial charge < -0.3 is 5.32 Å². The minimum absolute atomic E-state index is 0.447. The number of hydrogen-bond acceptors (Lipinski definition) is 2. The van der Waals surface area contributed by atoms with Crippen molar-refractivity contribution >= 4 is 11.3 Å². The first kappa shape index (κ1) is 13.1. The second kappa shape index (κ2) is 4.40. The lowest BCUT2D eigenvalue weighted by molar-refractivity contribution is 0.415. The van der Waals surface area contributed by atoms with E-state index >= 15 is 0 Å². The predicted molar refractivity (Wildman–Crippen MR) is 76.4 cm³/mol. The Balaban J connectivity index is 2.19. The smallest absolute Gasteiger partial charge is 0.0454 e. The van der Waals surface area contributed by atoms with E-state index in [-0.39, 0.29) is 0 Å². The van der Waals surface area contributed by atoms with Crippen molar-refractivity contribution in [2.24, 2.45) is 16.7 Å². The van der Waals surface area contributed by atoms with Crippen LogP contribution in [-0.2, 0) is 0 Å². The fourth-order valence-corrected chi connectivity index (χ4v) is 4.07. The van der Waals surface area contributed by atoms with E-state index in [9.17, 15) is 0 Å². The lowest BCUT2D eigenvalue weighted by Crippen LogP contribution is -2.25. The molecule has 0 bridgehead atoms. The number of thiophene rings is 1. The Bertz CT molecular complexity index is 350. The molecule has 0 aliphatic heterocycles. The van der Waals surface area contributed by atoms with E-state index in [1.54, 1.807) is 0 Å². The van der Waals surface area contributed by atoms with Crippen LogP contribution in [0.5, 0.6) is 0 Å². The fraction of sp³-hybridized carbons (Fsp3) is 0.733. The van der Waals surface area contributed by atoms with Gasteiger partial charge in [0.1, 0.15) is 0 Å². The molecule has 1 fully saturated rings. The van der Waals surface area contributed by atoms with Crippen LogP contribution in [-0.4, -0.2) is 6.54 Å². The van der Waals surface area contributed by atoms with Crippen LogP contribution in [0.25, 0.3) is 0 Å². The summed E-state index contributed by atoms with van der Waals surface area (Å²) in [5, 5.41) is 5.95. The highest BCUT2D eigenvalue weighted by atomic mass is 32.1. The zero-order valence-corrected chi connectivity index (χ0v) is 12.5. The molecule has 1 nitrogen and oxygen atoms in total. The summed E-state index contributed by atoms with van der Waals surface area (Å²) in [7, 11) is 0. The van der Waals surface area contributed by atoms with Crippen LogP contribution in [0.4, 0.5) is 0 Å². The monoisotopic (exact) mass is 251 g/mol. The summed E-state index contributed by atoms with van der Waals surface area (Å²) in [5.41, 5.74) is 0.894. The van der Waals surface area contributed by atoms with E-state index in [0.717, 1.165) is 12.5 Å². The Morgan fingerprint density at radius 2 is 1.94 bits per heavy atom. The maximum atomic E-state index is 3.76. The van der Waals surface area contributed by atoms with Crippen molar-refractivity contribution in [1.29, 1.82) is 0 Å². The molecule has 1 aliphatic carbocycles. The van der Waals surface area contributed by atoms with Crippen LogP contribution in [0.2, 0.25) is 0 Å². The zero-order valence-electron chi connectivity index (χ0n) is 11.7. The Kier molecular flexibility index (Phi) is 3.39. The lowest BCUT2D eigenvalue weighted by Gasteiger charge is -2.19. The number of hydrogen-bond donors (Lipinski definition) is 1. The Hall–Kier alpha value is -0.340. The minimum atomic E-state index is 0.447. The standard InChI is InChI=1S/C15H25NS/c1-6-9-16-12(11-8-7-10-17-11)13-14(2,3)15(13,4)5/h7-8,10,12-13,16H,6,9H2,1-5H3. The SMILES string of the molecule is CCCNC(c1cccs1)C1C(C)(C)C1(C)C. The summed E-state index contributed by atoms with van der Waals surface area (Å²) in [6.07, 6.45) is 1.20. The third kappa shape index (κ3) is 2.06. The molecular weight excluding hydrogens is 226 g/mol. The van der Waals surface area contributed by atoms with E-state index < -0.39 is 0 Å². The maximum Gasteiger partial charge on any atom is 0.0454 e. The second-order valence-corrected chi connectivity index (χ2v) is 7.35. The highest BCUT2D eigenvalue weighted by molar-refractivity contribution is 7.10. The maximum absolute atomic E-state index is 3.76. The molecular formula is C15H25NS. The Morgan fingerprint density at radius 3 is 2.35 bits per heavy atom. The van der Waals surface area contributed by atoms with E-state index in [1.807, 2.05) is 11.3 Å². The summed E-state index contributed by atoms with van der Waals surface area (Å²) in [4.78, 5) is 1.50. The summed E-state index contributed by atoms with van der Waals surface area (Å²) >= 11 is 1.89. The van der Waals surface area contributed by atoms with Crippen LogP contribution in [0.3, 0.4) is 0 Å². The zero-order chi connectivity index (χ0) is 12.7. The van der Waals surface area contributed by atoms with Crippen molar-refractivity contribution in [3.8, 4) is 0 Å². The molecule has 0 spiro atoms.